The van der Waals surface area contributed by atoms with E-state index >= 15 is 0 Å². The molecule has 1 aromatic carbocycles. The SMILES string of the molecule is COc1ccc(Oc2cnc(C(C)C)nc2CCl)c(Br)c1. The van der Waals surface area contributed by atoms with Crippen molar-refractivity contribution < 1.29 is 9.47 Å². The molecule has 0 unspecified atom stereocenters. The van der Waals surface area contributed by atoms with Crippen molar-refractivity contribution in [1.82, 2.24) is 9.97 Å². The van der Waals surface area contributed by atoms with Crippen LogP contribution in [0.1, 0.15) is 31.3 Å². The molecule has 0 saturated heterocycles. The van der Waals surface area contributed by atoms with Gasteiger partial charge in [-0.05, 0) is 34.1 Å². The lowest BCUT2D eigenvalue weighted by Gasteiger charge is -2.12. The molecule has 112 valence electrons. The van der Waals surface area contributed by atoms with Crippen molar-refractivity contribution in [3.63, 3.8) is 0 Å². The number of methoxy groups -OCH3 is 1. The molecule has 0 bridgehead atoms. The molecule has 0 fully saturated rings. The van der Waals surface area contributed by atoms with E-state index in [0.29, 0.717) is 17.2 Å². The lowest BCUT2D eigenvalue weighted by Crippen LogP contribution is -2.02. The molecular formula is C15H16BrClN2O2. The summed E-state index contributed by atoms with van der Waals surface area (Å²) in [7, 11) is 1.62. The minimum atomic E-state index is 0.244. The molecule has 2 aromatic rings. The molecule has 1 heterocycles. The molecule has 0 aliphatic rings. The molecule has 0 aliphatic heterocycles. The Balaban J connectivity index is 2.31. The highest BCUT2D eigenvalue weighted by atomic mass is 79.9. The normalized spacial score (nSPS) is 10.8. The van der Waals surface area contributed by atoms with Gasteiger partial charge in [0.25, 0.3) is 0 Å². The van der Waals surface area contributed by atoms with Gasteiger partial charge in [0, 0.05) is 5.92 Å². The molecular weight excluding hydrogens is 356 g/mol. The maximum absolute atomic E-state index is 5.96. The van der Waals surface area contributed by atoms with E-state index in [4.69, 9.17) is 21.1 Å². The van der Waals surface area contributed by atoms with E-state index in [1.54, 1.807) is 13.3 Å². The fourth-order valence-electron chi connectivity index (χ4n) is 1.69. The fourth-order valence-corrected chi connectivity index (χ4v) is 2.32. The number of nitrogens with zero attached hydrogens (tertiary/aromatic N) is 2. The van der Waals surface area contributed by atoms with Crippen LogP contribution in [-0.2, 0) is 5.88 Å². The van der Waals surface area contributed by atoms with Crippen molar-refractivity contribution in [3.8, 4) is 17.2 Å². The van der Waals surface area contributed by atoms with Crippen molar-refractivity contribution in [3.05, 3.63) is 40.4 Å². The van der Waals surface area contributed by atoms with Crippen LogP contribution in [0.15, 0.2) is 28.9 Å². The van der Waals surface area contributed by atoms with Crippen molar-refractivity contribution in [2.45, 2.75) is 25.6 Å². The van der Waals surface area contributed by atoms with Gasteiger partial charge in [-0.15, -0.1) is 11.6 Å². The number of alkyl halides is 1. The molecule has 0 N–H and O–H groups in total. The Morgan fingerprint density at radius 3 is 2.62 bits per heavy atom. The molecule has 0 atom stereocenters. The predicted molar refractivity (Wildman–Crippen MR) is 86.4 cm³/mol. The van der Waals surface area contributed by atoms with Gasteiger partial charge in [-0.25, -0.2) is 9.97 Å². The molecule has 4 nitrogen and oxygen atoms in total. The monoisotopic (exact) mass is 370 g/mol. The maximum atomic E-state index is 5.96. The summed E-state index contributed by atoms with van der Waals surface area (Å²) in [5.74, 6) is 3.23. The molecule has 1 aromatic heterocycles. The second kappa shape index (κ2) is 7.09. The van der Waals surface area contributed by atoms with Gasteiger partial charge in [-0.3, -0.25) is 0 Å². The van der Waals surface area contributed by atoms with Crippen LogP contribution < -0.4 is 9.47 Å². The molecule has 2 rings (SSSR count). The summed E-state index contributed by atoms with van der Waals surface area (Å²) >= 11 is 9.41. The average molecular weight is 372 g/mol. The van der Waals surface area contributed by atoms with Gasteiger partial charge >= 0.3 is 0 Å². The summed E-state index contributed by atoms with van der Waals surface area (Å²) in [6.07, 6.45) is 1.66. The van der Waals surface area contributed by atoms with Crippen LogP contribution in [0.4, 0.5) is 0 Å². The smallest absolute Gasteiger partial charge is 0.168 e. The minimum Gasteiger partial charge on any atom is -0.497 e. The summed E-state index contributed by atoms with van der Waals surface area (Å²) in [5, 5.41) is 0. The van der Waals surface area contributed by atoms with Crippen LogP contribution in [0.2, 0.25) is 0 Å². The first kappa shape index (κ1) is 16.0. The quantitative estimate of drug-likeness (QED) is 0.701. The lowest BCUT2D eigenvalue weighted by atomic mass is 10.2. The Morgan fingerprint density at radius 1 is 1.29 bits per heavy atom. The van der Waals surface area contributed by atoms with E-state index in [2.05, 4.69) is 25.9 Å². The largest absolute Gasteiger partial charge is 0.497 e. The van der Waals surface area contributed by atoms with Crippen LogP contribution >= 0.6 is 27.5 Å². The number of ether oxygens (including phenoxy) is 2. The molecule has 0 radical (unpaired) electrons. The van der Waals surface area contributed by atoms with Crippen molar-refractivity contribution in [2.24, 2.45) is 0 Å². The fraction of sp³-hybridized carbons (Fsp3) is 0.333. The van der Waals surface area contributed by atoms with Gasteiger partial charge in [0.1, 0.15) is 23.0 Å². The summed E-state index contributed by atoms with van der Waals surface area (Å²) < 4.78 is 11.8. The average Bonchev–Trinajstić information content (AvgIpc) is 2.49. The number of hydrogen-bond donors (Lipinski definition) is 0. The molecule has 0 saturated carbocycles. The number of rotatable bonds is 5. The zero-order chi connectivity index (χ0) is 15.4. The maximum Gasteiger partial charge on any atom is 0.168 e. The lowest BCUT2D eigenvalue weighted by molar-refractivity contribution is 0.412. The van der Waals surface area contributed by atoms with Crippen LogP contribution in [-0.4, -0.2) is 17.1 Å². The van der Waals surface area contributed by atoms with Crippen LogP contribution in [0.5, 0.6) is 17.2 Å². The summed E-state index contributed by atoms with van der Waals surface area (Å²) in [6, 6.07) is 5.47. The van der Waals surface area contributed by atoms with E-state index < -0.39 is 0 Å². The first-order chi connectivity index (χ1) is 10.0. The molecule has 0 spiro atoms. The van der Waals surface area contributed by atoms with Crippen LogP contribution in [0.25, 0.3) is 0 Å². The van der Waals surface area contributed by atoms with Crippen molar-refractivity contribution >= 4 is 27.5 Å². The minimum absolute atomic E-state index is 0.244. The second-order valence-electron chi connectivity index (χ2n) is 4.73. The van der Waals surface area contributed by atoms with Gasteiger partial charge in [-0.2, -0.15) is 0 Å². The van der Waals surface area contributed by atoms with E-state index in [-0.39, 0.29) is 11.8 Å². The van der Waals surface area contributed by atoms with Crippen LogP contribution in [0, 0.1) is 0 Å². The summed E-state index contributed by atoms with van der Waals surface area (Å²) in [4.78, 5) is 8.75. The Labute approximate surface area is 137 Å². The highest BCUT2D eigenvalue weighted by Gasteiger charge is 2.12. The summed E-state index contributed by atoms with van der Waals surface area (Å²) in [6.45, 7) is 4.07. The zero-order valence-corrected chi connectivity index (χ0v) is 14.4. The third-order valence-electron chi connectivity index (χ3n) is 2.85. The topological polar surface area (TPSA) is 44.2 Å². The number of benzene rings is 1. The Hall–Kier alpha value is -1.33. The van der Waals surface area contributed by atoms with Gasteiger partial charge in [-0.1, -0.05) is 13.8 Å². The first-order valence-corrected chi connectivity index (χ1v) is 7.81. The molecule has 6 heteroatoms. The van der Waals surface area contributed by atoms with E-state index in [0.717, 1.165) is 16.0 Å². The Morgan fingerprint density at radius 2 is 2.05 bits per heavy atom. The third kappa shape index (κ3) is 3.86. The molecule has 0 amide bonds. The standard InChI is InChI=1S/C15H16BrClN2O2/c1-9(2)15-18-8-14(12(7-17)19-15)21-13-5-4-10(20-3)6-11(13)16/h4-6,8-9H,7H2,1-3H3. The summed E-state index contributed by atoms with van der Waals surface area (Å²) in [5.41, 5.74) is 0.679. The Kier molecular flexibility index (Phi) is 5.42. The van der Waals surface area contributed by atoms with E-state index in [1.807, 2.05) is 32.0 Å². The third-order valence-corrected chi connectivity index (χ3v) is 3.72. The molecule has 0 aliphatic carbocycles. The van der Waals surface area contributed by atoms with Crippen molar-refractivity contribution in [2.75, 3.05) is 7.11 Å². The predicted octanol–water partition coefficient (Wildman–Crippen LogP) is 4.90. The van der Waals surface area contributed by atoms with Gasteiger partial charge in [0.05, 0.1) is 23.7 Å². The van der Waals surface area contributed by atoms with Crippen molar-refractivity contribution in [1.29, 1.82) is 0 Å². The van der Waals surface area contributed by atoms with E-state index in [1.165, 1.54) is 0 Å². The van der Waals surface area contributed by atoms with Gasteiger partial charge in [0.15, 0.2) is 5.75 Å². The Bertz CT molecular complexity index is 635. The second-order valence-corrected chi connectivity index (χ2v) is 5.85. The molecule has 21 heavy (non-hydrogen) atoms. The zero-order valence-electron chi connectivity index (χ0n) is 12.1. The van der Waals surface area contributed by atoms with Gasteiger partial charge < -0.3 is 9.47 Å². The first-order valence-electron chi connectivity index (χ1n) is 6.48. The number of aromatic nitrogens is 2. The number of halogens is 2. The van der Waals surface area contributed by atoms with E-state index in [9.17, 15) is 0 Å². The highest BCUT2D eigenvalue weighted by Crippen LogP contribution is 2.34. The highest BCUT2D eigenvalue weighted by molar-refractivity contribution is 9.10. The van der Waals surface area contributed by atoms with Gasteiger partial charge in [0.2, 0.25) is 0 Å². The number of hydrogen-bond acceptors (Lipinski definition) is 4. The van der Waals surface area contributed by atoms with Crippen LogP contribution in [0.3, 0.4) is 0 Å².